The first kappa shape index (κ1) is 14.8. The van der Waals surface area contributed by atoms with Crippen molar-refractivity contribution in [2.45, 2.75) is 25.8 Å². The van der Waals surface area contributed by atoms with Crippen molar-refractivity contribution in [1.82, 2.24) is 9.55 Å². The number of fused-ring (bicyclic) bond motifs is 1. The van der Waals surface area contributed by atoms with Crippen LogP contribution in [0.25, 0.3) is 11.0 Å². The van der Waals surface area contributed by atoms with Gasteiger partial charge >= 0.3 is 5.97 Å². The third kappa shape index (κ3) is 3.49. The van der Waals surface area contributed by atoms with Gasteiger partial charge in [0.05, 0.1) is 17.5 Å². The van der Waals surface area contributed by atoms with Crippen molar-refractivity contribution in [1.29, 1.82) is 0 Å². The van der Waals surface area contributed by atoms with E-state index in [-0.39, 0.29) is 6.42 Å². The van der Waals surface area contributed by atoms with Crippen molar-refractivity contribution in [2.75, 3.05) is 13.7 Å². The molecule has 0 aliphatic rings. The lowest BCUT2D eigenvalue weighted by molar-refractivity contribution is -0.137. The Hall–Kier alpha value is -1.59. The van der Waals surface area contributed by atoms with Gasteiger partial charge in [-0.1, -0.05) is 11.6 Å². The molecular formula is C14H17ClN2O3. The summed E-state index contributed by atoms with van der Waals surface area (Å²) >= 11 is 5.97. The molecule has 0 aliphatic carbocycles. The Morgan fingerprint density at radius 3 is 3.00 bits per heavy atom. The number of ether oxygens (including phenoxy) is 1. The molecule has 0 radical (unpaired) electrons. The number of aromatic nitrogens is 2. The second-order valence-corrected chi connectivity index (χ2v) is 4.99. The molecule has 1 aromatic carbocycles. The zero-order valence-corrected chi connectivity index (χ0v) is 12.1. The first-order chi connectivity index (χ1) is 9.61. The van der Waals surface area contributed by atoms with Gasteiger partial charge in [-0.05, 0) is 24.6 Å². The van der Waals surface area contributed by atoms with Crippen molar-refractivity contribution in [3.05, 3.63) is 29.0 Å². The first-order valence-corrected chi connectivity index (χ1v) is 6.85. The number of aliphatic carboxylic acids is 1. The van der Waals surface area contributed by atoms with Crippen molar-refractivity contribution >= 4 is 28.6 Å². The summed E-state index contributed by atoms with van der Waals surface area (Å²) in [7, 11) is 1.66. The zero-order chi connectivity index (χ0) is 14.5. The molecule has 0 saturated carbocycles. The van der Waals surface area contributed by atoms with Gasteiger partial charge in [0.25, 0.3) is 0 Å². The summed E-state index contributed by atoms with van der Waals surface area (Å²) in [6, 6.07) is 5.54. The van der Waals surface area contributed by atoms with E-state index in [9.17, 15) is 4.79 Å². The summed E-state index contributed by atoms with van der Waals surface area (Å²) in [4.78, 5) is 15.2. The molecule has 0 bridgehead atoms. The molecule has 1 heterocycles. The average molecular weight is 297 g/mol. The molecule has 0 unspecified atom stereocenters. The molecule has 2 rings (SSSR count). The quantitative estimate of drug-likeness (QED) is 0.798. The van der Waals surface area contributed by atoms with Gasteiger partial charge in [0.1, 0.15) is 5.82 Å². The van der Waals surface area contributed by atoms with Gasteiger partial charge in [-0.15, -0.1) is 0 Å². The molecule has 6 heteroatoms. The second-order valence-electron chi connectivity index (χ2n) is 4.55. The van der Waals surface area contributed by atoms with E-state index in [1.54, 1.807) is 13.2 Å². The number of benzene rings is 1. The van der Waals surface area contributed by atoms with Gasteiger partial charge in [0.15, 0.2) is 0 Å². The molecule has 2 aromatic rings. The maximum absolute atomic E-state index is 10.7. The highest BCUT2D eigenvalue weighted by atomic mass is 35.5. The highest BCUT2D eigenvalue weighted by Gasteiger charge is 2.12. The van der Waals surface area contributed by atoms with Crippen LogP contribution in [0, 0.1) is 0 Å². The summed E-state index contributed by atoms with van der Waals surface area (Å²) in [6.45, 7) is 1.41. The lowest BCUT2D eigenvalue weighted by atomic mass is 10.3. The molecule has 1 aromatic heterocycles. The van der Waals surface area contributed by atoms with Gasteiger partial charge in [0, 0.05) is 31.7 Å². The fourth-order valence-electron chi connectivity index (χ4n) is 2.18. The van der Waals surface area contributed by atoms with Crippen LogP contribution in [0.1, 0.15) is 18.7 Å². The minimum atomic E-state index is -0.821. The third-order valence-corrected chi connectivity index (χ3v) is 3.32. The van der Waals surface area contributed by atoms with Crippen LogP contribution in [0.5, 0.6) is 0 Å². The van der Waals surface area contributed by atoms with Gasteiger partial charge < -0.3 is 14.4 Å². The number of aryl methyl sites for hydroxylation is 2. The number of hydrogen-bond donors (Lipinski definition) is 1. The summed E-state index contributed by atoms with van der Waals surface area (Å²) in [5, 5.41) is 9.45. The van der Waals surface area contributed by atoms with Crippen molar-refractivity contribution in [2.24, 2.45) is 0 Å². The Kier molecular flexibility index (Phi) is 4.98. The van der Waals surface area contributed by atoms with Crippen LogP contribution in [0.4, 0.5) is 0 Å². The van der Waals surface area contributed by atoms with Crippen LogP contribution in [-0.4, -0.2) is 34.3 Å². The largest absolute Gasteiger partial charge is 0.481 e. The van der Waals surface area contributed by atoms with Gasteiger partial charge in [0.2, 0.25) is 0 Å². The number of nitrogens with zero attached hydrogens (tertiary/aromatic N) is 2. The monoisotopic (exact) mass is 296 g/mol. The number of imidazole rings is 1. The van der Waals surface area contributed by atoms with E-state index < -0.39 is 5.97 Å². The smallest absolute Gasteiger partial charge is 0.303 e. The van der Waals surface area contributed by atoms with Crippen molar-refractivity contribution in [3.8, 4) is 0 Å². The second kappa shape index (κ2) is 6.72. The van der Waals surface area contributed by atoms with Crippen molar-refractivity contribution < 1.29 is 14.6 Å². The number of hydrogen-bond acceptors (Lipinski definition) is 3. The minimum absolute atomic E-state index is 0.0708. The van der Waals surface area contributed by atoms with E-state index in [1.165, 1.54) is 0 Å². The Balaban J connectivity index is 2.31. The number of rotatable bonds is 7. The maximum Gasteiger partial charge on any atom is 0.303 e. The molecule has 20 heavy (non-hydrogen) atoms. The summed E-state index contributed by atoms with van der Waals surface area (Å²) in [5.74, 6) is -0.0423. The SMILES string of the molecule is COCCCn1c(CCC(=O)O)nc2cc(Cl)ccc21. The van der Waals surface area contributed by atoms with Crippen LogP contribution in [-0.2, 0) is 22.5 Å². The average Bonchev–Trinajstić information content (AvgIpc) is 2.74. The molecular weight excluding hydrogens is 280 g/mol. The Morgan fingerprint density at radius 1 is 1.50 bits per heavy atom. The summed E-state index contributed by atoms with van der Waals surface area (Å²) < 4.78 is 7.11. The number of halogens is 1. The molecule has 0 fully saturated rings. The van der Waals surface area contributed by atoms with E-state index in [0.29, 0.717) is 18.1 Å². The van der Waals surface area contributed by atoms with Crippen LogP contribution in [0.2, 0.25) is 5.02 Å². The molecule has 0 saturated heterocycles. The fraction of sp³-hybridized carbons (Fsp3) is 0.429. The maximum atomic E-state index is 10.7. The first-order valence-electron chi connectivity index (χ1n) is 6.47. The summed E-state index contributed by atoms with van der Waals surface area (Å²) in [6.07, 6.45) is 1.33. The van der Waals surface area contributed by atoms with Gasteiger partial charge in [-0.2, -0.15) is 0 Å². The predicted octanol–water partition coefficient (Wildman–Crippen LogP) is 2.74. The molecule has 0 atom stereocenters. The lowest BCUT2D eigenvalue weighted by Crippen LogP contribution is -2.08. The van der Waals surface area contributed by atoms with Crippen LogP contribution < -0.4 is 0 Å². The van der Waals surface area contributed by atoms with Crippen LogP contribution in [0.3, 0.4) is 0 Å². The Labute approximate surface area is 122 Å². The number of carboxylic acid groups (broad SMARTS) is 1. The Morgan fingerprint density at radius 2 is 2.30 bits per heavy atom. The number of methoxy groups -OCH3 is 1. The molecule has 0 amide bonds. The van der Waals surface area contributed by atoms with Crippen molar-refractivity contribution in [3.63, 3.8) is 0 Å². The van der Waals surface area contributed by atoms with Crippen LogP contribution >= 0.6 is 11.6 Å². The van der Waals surface area contributed by atoms with E-state index in [2.05, 4.69) is 4.98 Å². The molecule has 0 aliphatic heterocycles. The number of carboxylic acids is 1. The summed E-state index contributed by atoms with van der Waals surface area (Å²) in [5.41, 5.74) is 1.78. The third-order valence-electron chi connectivity index (χ3n) is 3.08. The normalized spacial score (nSPS) is 11.1. The van der Waals surface area contributed by atoms with E-state index in [1.807, 2.05) is 16.7 Å². The molecule has 1 N–H and O–H groups in total. The van der Waals surface area contributed by atoms with Gasteiger partial charge in [-0.3, -0.25) is 4.79 Å². The van der Waals surface area contributed by atoms with Gasteiger partial charge in [-0.25, -0.2) is 4.98 Å². The molecule has 108 valence electrons. The number of carbonyl (C=O) groups is 1. The predicted molar refractivity (Wildman–Crippen MR) is 77.2 cm³/mol. The lowest BCUT2D eigenvalue weighted by Gasteiger charge is -2.08. The highest BCUT2D eigenvalue weighted by molar-refractivity contribution is 6.31. The van der Waals surface area contributed by atoms with E-state index in [4.69, 9.17) is 21.4 Å². The Bertz CT molecular complexity index is 610. The fourth-order valence-corrected chi connectivity index (χ4v) is 2.35. The standard InChI is InChI=1S/C14H17ClN2O3/c1-20-8-2-7-17-12-4-3-10(15)9-11(12)16-13(17)5-6-14(18)19/h3-4,9H,2,5-8H2,1H3,(H,18,19). The van der Waals surface area contributed by atoms with E-state index in [0.717, 1.165) is 29.8 Å². The van der Waals surface area contributed by atoms with E-state index >= 15 is 0 Å². The molecule has 0 spiro atoms. The highest BCUT2D eigenvalue weighted by Crippen LogP contribution is 2.21. The zero-order valence-electron chi connectivity index (χ0n) is 11.3. The minimum Gasteiger partial charge on any atom is -0.481 e. The molecule has 5 nitrogen and oxygen atoms in total. The van der Waals surface area contributed by atoms with Crippen LogP contribution in [0.15, 0.2) is 18.2 Å². The topological polar surface area (TPSA) is 64.3 Å².